The van der Waals surface area contributed by atoms with Crippen molar-refractivity contribution in [3.63, 3.8) is 0 Å². The van der Waals surface area contributed by atoms with Gasteiger partial charge in [0.1, 0.15) is 5.78 Å². The number of aliphatic hydroxyl groups excluding tert-OH is 1. The van der Waals surface area contributed by atoms with Crippen LogP contribution in [0.3, 0.4) is 0 Å². The molecule has 3 aliphatic carbocycles. The van der Waals surface area contributed by atoms with Crippen LogP contribution in [0, 0.1) is 34.5 Å². The average molecular weight is 292 g/mol. The molecule has 0 heterocycles. The topological polar surface area (TPSA) is 37.3 Å². The van der Waals surface area contributed by atoms with Crippen LogP contribution in [0.2, 0.25) is 0 Å². The smallest absolute Gasteiger partial charge is 0.136 e. The largest absolute Gasteiger partial charge is 0.396 e. The van der Waals surface area contributed by atoms with Crippen molar-refractivity contribution >= 4 is 5.78 Å². The molecule has 0 bridgehead atoms. The highest BCUT2D eigenvalue weighted by molar-refractivity contribution is 5.82. The van der Waals surface area contributed by atoms with Gasteiger partial charge >= 0.3 is 0 Å². The van der Waals surface area contributed by atoms with Crippen LogP contribution in [-0.4, -0.2) is 17.5 Å². The molecular formula is C19H32O2. The molecule has 0 aliphatic heterocycles. The van der Waals surface area contributed by atoms with Gasteiger partial charge in [-0.1, -0.05) is 27.2 Å². The maximum atomic E-state index is 12.7. The normalized spacial score (nSPS) is 51.0. The summed E-state index contributed by atoms with van der Waals surface area (Å²) in [5.41, 5.74) is 0.358. The Balaban J connectivity index is 1.94. The third-order valence-electron chi connectivity index (χ3n) is 7.49. The number of rotatable bonds is 1. The standard InChI is InChI=1S/C19H32O2/c1-13-5-7-15-14(16(21)11-13)6-8-17-18(2,12-20)9-4-10-19(15,17)3/h13-15,17,20H,4-12H2,1-3H3. The molecule has 0 amide bonds. The van der Waals surface area contributed by atoms with Gasteiger partial charge in [0, 0.05) is 18.9 Å². The first-order valence-electron chi connectivity index (χ1n) is 9.04. The summed E-state index contributed by atoms with van der Waals surface area (Å²) in [5.74, 6) is 2.60. The number of ketones is 1. The maximum absolute atomic E-state index is 12.7. The van der Waals surface area contributed by atoms with Crippen LogP contribution in [0.4, 0.5) is 0 Å². The molecule has 6 unspecified atom stereocenters. The number of carbonyl (C=O) groups excluding carboxylic acids is 1. The summed E-state index contributed by atoms with van der Waals surface area (Å²) < 4.78 is 0. The molecule has 2 nitrogen and oxygen atoms in total. The maximum Gasteiger partial charge on any atom is 0.136 e. The van der Waals surface area contributed by atoms with Crippen LogP contribution in [0.5, 0.6) is 0 Å². The van der Waals surface area contributed by atoms with Crippen molar-refractivity contribution < 1.29 is 9.90 Å². The second-order valence-electron chi connectivity index (χ2n) is 8.87. The van der Waals surface area contributed by atoms with E-state index in [4.69, 9.17) is 0 Å². The van der Waals surface area contributed by atoms with E-state index in [9.17, 15) is 9.90 Å². The number of hydrogen-bond acceptors (Lipinski definition) is 2. The number of hydrogen-bond donors (Lipinski definition) is 1. The van der Waals surface area contributed by atoms with Crippen LogP contribution in [0.1, 0.15) is 72.1 Å². The number of Topliss-reactive ketones (excluding diaryl/α,β-unsaturated/α-hetero) is 1. The van der Waals surface area contributed by atoms with Crippen LogP contribution < -0.4 is 0 Å². The molecule has 3 saturated carbocycles. The van der Waals surface area contributed by atoms with Crippen LogP contribution in [-0.2, 0) is 4.79 Å². The molecule has 1 N–H and O–H groups in total. The lowest BCUT2D eigenvalue weighted by Gasteiger charge is -2.59. The summed E-state index contributed by atoms with van der Waals surface area (Å²) in [6.07, 6.45) is 9.11. The highest BCUT2D eigenvalue weighted by atomic mass is 16.3. The van der Waals surface area contributed by atoms with E-state index in [1.54, 1.807) is 0 Å². The Morgan fingerprint density at radius 1 is 1.14 bits per heavy atom. The lowest BCUT2D eigenvalue weighted by molar-refractivity contribution is -0.144. The van der Waals surface area contributed by atoms with Crippen molar-refractivity contribution in [2.45, 2.75) is 72.1 Å². The second-order valence-corrected chi connectivity index (χ2v) is 8.87. The van der Waals surface area contributed by atoms with Gasteiger partial charge in [-0.05, 0) is 67.1 Å². The molecule has 0 saturated heterocycles. The average Bonchev–Trinajstić information content (AvgIpc) is 2.58. The fourth-order valence-electron chi connectivity index (χ4n) is 6.31. The van der Waals surface area contributed by atoms with Crippen LogP contribution >= 0.6 is 0 Å². The van der Waals surface area contributed by atoms with Crippen molar-refractivity contribution in [1.29, 1.82) is 0 Å². The van der Waals surface area contributed by atoms with Crippen molar-refractivity contribution in [3.05, 3.63) is 0 Å². The Bertz CT molecular complexity index is 418. The van der Waals surface area contributed by atoms with E-state index < -0.39 is 0 Å². The summed E-state index contributed by atoms with van der Waals surface area (Å²) in [6.45, 7) is 7.30. The van der Waals surface area contributed by atoms with Crippen molar-refractivity contribution in [2.24, 2.45) is 34.5 Å². The number of carbonyl (C=O) groups is 1. The van der Waals surface area contributed by atoms with Gasteiger partial charge in [0.15, 0.2) is 0 Å². The van der Waals surface area contributed by atoms with Gasteiger partial charge < -0.3 is 5.11 Å². The number of aliphatic hydroxyl groups is 1. The monoisotopic (exact) mass is 292 g/mol. The van der Waals surface area contributed by atoms with Crippen LogP contribution in [0.15, 0.2) is 0 Å². The Labute approximate surface area is 129 Å². The van der Waals surface area contributed by atoms with E-state index in [1.165, 1.54) is 25.7 Å². The Morgan fingerprint density at radius 3 is 2.62 bits per heavy atom. The highest BCUT2D eigenvalue weighted by Crippen LogP contribution is 2.62. The summed E-state index contributed by atoms with van der Waals surface area (Å²) in [6, 6.07) is 0. The first-order chi connectivity index (χ1) is 9.90. The molecular weight excluding hydrogens is 260 g/mol. The predicted octanol–water partition coefficient (Wildman–Crippen LogP) is 4.21. The third kappa shape index (κ3) is 2.38. The van der Waals surface area contributed by atoms with E-state index in [2.05, 4.69) is 20.8 Å². The molecule has 3 aliphatic rings. The van der Waals surface area contributed by atoms with E-state index in [1.807, 2.05) is 0 Å². The third-order valence-corrected chi connectivity index (χ3v) is 7.49. The minimum atomic E-state index is 0.0823. The van der Waals surface area contributed by atoms with Crippen molar-refractivity contribution in [3.8, 4) is 0 Å². The molecule has 0 spiro atoms. The minimum Gasteiger partial charge on any atom is -0.396 e. The zero-order valence-electron chi connectivity index (χ0n) is 14.0. The molecule has 6 atom stereocenters. The van der Waals surface area contributed by atoms with Gasteiger partial charge in [0.05, 0.1) is 0 Å². The molecule has 0 radical (unpaired) electrons. The van der Waals surface area contributed by atoms with E-state index in [0.29, 0.717) is 36.1 Å². The Hall–Kier alpha value is -0.370. The van der Waals surface area contributed by atoms with E-state index in [-0.39, 0.29) is 10.8 Å². The fraction of sp³-hybridized carbons (Fsp3) is 0.947. The van der Waals surface area contributed by atoms with Gasteiger partial charge in [0.2, 0.25) is 0 Å². The van der Waals surface area contributed by atoms with Gasteiger partial charge in [-0.15, -0.1) is 0 Å². The first kappa shape index (κ1) is 15.5. The molecule has 21 heavy (non-hydrogen) atoms. The first-order valence-corrected chi connectivity index (χ1v) is 9.04. The quantitative estimate of drug-likeness (QED) is 0.786. The van der Waals surface area contributed by atoms with Gasteiger partial charge in [0.25, 0.3) is 0 Å². The lowest BCUT2D eigenvalue weighted by atomic mass is 9.45. The van der Waals surface area contributed by atoms with Crippen molar-refractivity contribution in [2.75, 3.05) is 6.61 Å². The van der Waals surface area contributed by atoms with Gasteiger partial charge in [-0.2, -0.15) is 0 Å². The Kier molecular flexibility index (Phi) is 3.97. The molecule has 0 aromatic carbocycles. The van der Waals surface area contributed by atoms with Gasteiger partial charge in [-0.3, -0.25) is 4.79 Å². The molecule has 120 valence electrons. The van der Waals surface area contributed by atoms with Gasteiger partial charge in [-0.25, -0.2) is 0 Å². The molecule has 0 aromatic rings. The summed E-state index contributed by atoms with van der Waals surface area (Å²) in [5, 5.41) is 9.98. The lowest BCUT2D eigenvalue weighted by Crippen LogP contribution is -2.54. The van der Waals surface area contributed by atoms with Crippen LogP contribution in [0.25, 0.3) is 0 Å². The van der Waals surface area contributed by atoms with Crippen molar-refractivity contribution in [1.82, 2.24) is 0 Å². The zero-order chi connectivity index (χ0) is 15.3. The predicted molar refractivity (Wildman–Crippen MR) is 84.9 cm³/mol. The zero-order valence-corrected chi connectivity index (χ0v) is 14.0. The molecule has 3 rings (SSSR count). The fourth-order valence-corrected chi connectivity index (χ4v) is 6.31. The van der Waals surface area contributed by atoms with E-state index >= 15 is 0 Å². The summed E-state index contributed by atoms with van der Waals surface area (Å²) >= 11 is 0. The summed E-state index contributed by atoms with van der Waals surface area (Å²) in [7, 11) is 0. The highest BCUT2D eigenvalue weighted by Gasteiger charge is 2.57. The Morgan fingerprint density at radius 2 is 1.90 bits per heavy atom. The summed E-state index contributed by atoms with van der Waals surface area (Å²) in [4.78, 5) is 12.7. The molecule has 2 heteroatoms. The SMILES string of the molecule is CC1CCC2C(CCC3C(C)(CO)CCCC23C)C(=O)C1. The molecule has 3 fully saturated rings. The minimum absolute atomic E-state index is 0.0823. The number of fused-ring (bicyclic) bond motifs is 3. The molecule has 0 aromatic heterocycles. The second kappa shape index (κ2) is 5.37. The van der Waals surface area contributed by atoms with E-state index in [0.717, 1.165) is 25.7 Å².